The molecular weight excluding hydrogens is 425 g/mol. The van der Waals surface area contributed by atoms with Crippen LogP contribution in [0.15, 0.2) is 42.7 Å². The summed E-state index contributed by atoms with van der Waals surface area (Å²) in [5, 5.41) is 13.6. The van der Waals surface area contributed by atoms with Gasteiger partial charge in [-0.3, -0.25) is 14.3 Å². The van der Waals surface area contributed by atoms with Gasteiger partial charge in [-0.25, -0.2) is 4.98 Å². The fourth-order valence-corrected chi connectivity index (χ4v) is 4.21. The number of anilines is 4. The highest BCUT2D eigenvalue weighted by Crippen LogP contribution is 2.39. The van der Waals surface area contributed by atoms with E-state index in [0.29, 0.717) is 47.9 Å². The van der Waals surface area contributed by atoms with Crippen molar-refractivity contribution in [3.8, 4) is 0 Å². The summed E-state index contributed by atoms with van der Waals surface area (Å²) in [6.45, 7) is 0.657. The van der Waals surface area contributed by atoms with Crippen LogP contribution < -0.4 is 15.5 Å². The van der Waals surface area contributed by atoms with Crippen LogP contribution in [0.2, 0.25) is 0 Å². The molecule has 3 N–H and O–H groups in total. The molecule has 11 heteroatoms. The first-order valence-electron chi connectivity index (χ1n) is 11.0. The van der Waals surface area contributed by atoms with E-state index in [2.05, 4.69) is 30.8 Å². The number of aromatic nitrogens is 6. The smallest absolute Gasteiger partial charge is 0.247 e. The third-order valence-corrected chi connectivity index (χ3v) is 6.04. The number of hydrogen-bond acceptors (Lipinski definition) is 7. The van der Waals surface area contributed by atoms with E-state index in [1.807, 2.05) is 33.7 Å². The van der Waals surface area contributed by atoms with Crippen LogP contribution in [-0.4, -0.2) is 48.0 Å². The molecule has 4 aromatic rings. The van der Waals surface area contributed by atoms with E-state index in [0.717, 1.165) is 12.1 Å². The number of carbonyl (C=O) groups is 1. The Labute approximate surface area is 188 Å². The van der Waals surface area contributed by atoms with Gasteiger partial charge in [0, 0.05) is 30.4 Å². The first kappa shape index (κ1) is 19.6. The topological polar surface area (TPSA) is 116 Å². The Balaban J connectivity index is 1.27. The number of fused-ring (bicyclic) bond motifs is 1. The number of nitrogens with one attached hydrogen (secondary N) is 3. The molecular formula is C22H22FN9O. The van der Waals surface area contributed by atoms with Crippen molar-refractivity contribution in [2.45, 2.75) is 37.6 Å². The molecule has 0 spiro atoms. The number of amides is 1. The SMILES string of the molecule is O=C(Nc1ccc(F)nc1)[C@@H]1CCCN1c1nc(Nc2cc(C3CC3)[nH]n2)n2cccc2n1. The lowest BCUT2D eigenvalue weighted by atomic mass is 10.2. The molecule has 1 amide bonds. The van der Waals surface area contributed by atoms with Crippen LogP contribution in [0, 0.1) is 5.95 Å². The molecule has 33 heavy (non-hydrogen) atoms. The van der Waals surface area contributed by atoms with Crippen LogP contribution in [0.5, 0.6) is 0 Å². The maximum absolute atomic E-state index is 13.1. The maximum atomic E-state index is 13.1. The highest BCUT2D eigenvalue weighted by molar-refractivity contribution is 5.97. The Morgan fingerprint density at radius 2 is 2.09 bits per heavy atom. The van der Waals surface area contributed by atoms with Crippen LogP contribution in [0.3, 0.4) is 0 Å². The van der Waals surface area contributed by atoms with Crippen LogP contribution in [0.25, 0.3) is 5.65 Å². The van der Waals surface area contributed by atoms with Crippen molar-refractivity contribution < 1.29 is 9.18 Å². The Morgan fingerprint density at radius 3 is 2.91 bits per heavy atom. The second-order valence-electron chi connectivity index (χ2n) is 8.40. The van der Waals surface area contributed by atoms with E-state index < -0.39 is 12.0 Å². The fraction of sp³-hybridized carbons (Fsp3) is 0.318. The van der Waals surface area contributed by atoms with Gasteiger partial charge in [-0.1, -0.05) is 0 Å². The van der Waals surface area contributed by atoms with Gasteiger partial charge in [0.25, 0.3) is 0 Å². The van der Waals surface area contributed by atoms with Crippen molar-refractivity contribution in [2.24, 2.45) is 0 Å². The van der Waals surface area contributed by atoms with Gasteiger partial charge >= 0.3 is 0 Å². The minimum atomic E-state index is -0.592. The molecule has 1 aliphatic heterocycles. The van der Waals surface area contributed by atoms with Gasteiger partial charge in [0.15, 0.2) is 5.82 Å². The van der Waals surface area contributed by atoms with Crippen molar-refractivity contribution in [2.75, 3.05) is 22.1 Å². The molecule has 2 fully saturated rings. The van der Waals surface area contributed by atoms with Gasteiger partial charge in [-0.15, -0.1) is 0 Å². The molecule has 1 atom stereocenters. The lowest BCUT2D eigenvalue weighted by Crippen LogP contribution is -2.40. The summed E-state index contributed by atoms with van der Waals surface area (Å²) in [6.07, 6.45) is 7.06. The quantitative estimate of drug-likeness (QED) is 0.389. The summed E-state index contributed by atoms with van der Waals surface area (Å²) in [5.41, 5.74) is 2.29. The number of nitrogens with zero attached hydrogens (tertiary/aromatic N) is 6. The third-order valence-electron chi connectivity index (χ3n) is 6.04. The van der Waals surface area contributed by atoms with Gasteiger partial charge in [0.1, 0.15) is 11.7 Å². The lowest BCUT2D eigenvalue weighted by Gasteiger charge is -2.24. The van der Waals surface area contributed by atoms with Crippen molar-refractivity contribution in [3.63, 3.8) is 0 Å². The summed E-state index contributed by atoms with van der Waals surface area (Å²) < 4.78 is 14.9. The Morgan fingerprint density at radius 1 is 1.18 bits per heavy atom. The molecule has 0 aromatic carbocycles. The van der Waals surface area contributed by atoms with Gasteiger partial charge in [0.05, 0.1) is 11.9 Å². The zero-order valence-corrected chi connectivity index (χ0v) is 17.7. The Bertz CT molecular complexity index is 1310. The lowest BCUT2D eigenvalue weighted by molar-refractivity contribution is -0.117. The van der Waals surface area contributed by atoms with Crippen molar-refractivity contribution in [3.05, 3.63) is 54.4 Å². The van der Waals surface area contributed by atoms with E-state index >= 15 is 0 Å². The summed E-state index contributed by atoms with van der Waals surface area (Å²) in [6, 6.07) is 8.07. The normalized spacial score (nSPS) is 18.1. The number of hydrogen-bond donors (Lipinski definition) is 3. The molecule has 1 aliphatic carbocycles. The molecule has 4 aromatic heterocycles. The number of halogens is 1. The van der Waals surface area contributed by atoms with E-state index in [-0.39, 0.29) is 5.91 Å². The van der Waals surface area contributed by atoms with Crippen LogP contribution >= 0.6 is 0 Å². The molecule has 0 bridgehead atoms. The molecule has 10 nitrogen and oxygen atoms in total. The minimum Gasteiger partial charge on any atom is -0.329 e. The molecule has 0 unspecified atom stereocenters. The largest absolute Gasteiger partial charge is 0.329 e. The summed E-state index contributed by atoms with van der Waals surface area (Å²) >= 11 is 0. The number of aromatic amines is 1. The number of rotatable bonds is 6. The van der Waals surface area contributed by atoms with Gasteiger partial charge in [-0.05, 0) is 49.9 Å². The number of pyridine rings is 1. The number of H-pyrrole nitrogens is 1. The standard InChI is InChI=1S/C22H22FN9O/c23-17-8-7-14(12-24-17)25-20(33)16-3-1-9-31(16)22-27-19-4-2-10-32(19)21(28-22)26-18-11-15(29-30-18)13-5-6-13/h2,4,7-8,10-13,16H,1,3,5-6,9H2,(H,25,33)(H2,26,27,28,29,30)/t16-/m0/s1. The van der Waals surface area contributed by atoms with Crippen molar-refractivity contribution in [1.82, 2.24) is 29.5 Å². The van der Waals surface area contributed by atoms with Gasteiger partial charge < -0.3 is 15.5 Å². The molecule has 2 aliphatic rings. The number of carbonyl (C=O) groups excluding carboxylic acids is 1. The van der Waals surface area contributed by atoms with Gasteiger partial charge in [0.2, 0.25) is 23.8 Å². The average Bonchev–Trinajstić information content (AvgIpc) is 3.20. The third kappa shape index (κ3) is 3.86. The second kappa shape index (κ2) is 7.84. The zero-order chi connectivity index (χ0) is 22.4. The maximum Gasteiger partial charge on any atom is 0.247 e. The molecule has 1 saturated carbocycles. The zero-order valence-electron chi connectivity index (χ0n) is 17.7. The van der Waals surface area contributed by atoms with E-state index in [9.17, 15) is 9.18 Å². The molecule has 6 rings (SSSR count). The average molecular weight is 447 g/mol. The van der Waals surface area contributed by atoms with Crippen LogP contribution in [0.1, 0.15) is 37.3 Å². The van der Waals surface area contributed by atoms with Crippen LogP contribution in [-0.2, 0) is 4.79 Å². The summed E-state index contributed by atoms with van der Waals surface area (Å²) in [7, 11) is 0. The highest BCUT2D eigenvalue weighted by Gasteiger charge is 2.33. The molecule has 1 saturated heterocycles. The van der Waals surface area contributed by atoms with Crippen molar-refractivity contribution >= 4 is 35.0 Å². The second-order valence-corrected chi connectivity index (χ2v) is 8.40. The van der Waals surface area contributed by atoms with Gasteiger partial charge in [-0.2, -0.15) is 19.5 Å². The molecule has 168 valence electrons. The summed E-state index contributed by atoms with van der Waals surface area (Å²) in [5.74, 6) is 1.51. The first-order valence-corrected chi connectivity index (χ1v) is 11.0. The van der Waals surface area contributed by atoms with E-state index in [4.69, 9.17) is 4.98 Å². The Hall–Kier alpha value is -4.02. The monoisotopic (exact) mass is 447 g/mol. The molecule has 5 heterocycles. The Kier molecular flexibility index (Phi) is 4.67. The molecule has 0 radical (unpaired) electrons. The predicted molar refractivity (Wildman–Crippen MR) is 120 cm³/mol. The van der Waals surface area contributed by atoms with Crippen molar-refractivity contribution in [1.29, 1.82) is 0 Å². The summed E-state index contributed by atoms with van der Waals surface area (Å²) in [4.78, 5) is 27.9. The fourth-order valence-electron chi connectivity index (χ4n) is 4.21. The first-order chi connectivity index (χ1) is 16.1. The predicted octanol–water partition coefficient (Wildman–Crippen LogP) is 3.22. The minimum absolute atomic E-state index is 0.198. The van der Waals surface area contributed by atoms with E-state index in [1.165, 1.54) is 31.2 Å². The van der Waals surface area contributed by atoms with Crippen LogP contribution in [0.4, 0.5) is 27.8 Å². The van der Waals surface area contributed by atoms with E-state index in [1.54, 1.807) is 0 Å². The highest BCUT2D eigenvalue weighted by atomic mass is 19.1.